The molecule has 2 atom stereocenters. The largest absolute Gasteiger partial charge is 0.386 e. The molecule has 6 heteroatoms. The van der Waals surface area contributed by atoms with E-state index in [4.69, 9.17) is 11.1 Å². The van der Waals surface area contributed by atoms with Crippen molar-refractivity contribution in [2.45, 2.75) is 50.5 Å². The molecule has 32 heavy (non-hydrogen) atoms. The molecule has 1 aromatic carbocycles. The lowest BCUT2D eigenvalue weighted by Crippen LogP contribution is -2.49. The topological polar surface area (TPSA) is 86.3 Å². The number of aromatic nitrogens is 1. The number of hydrogen-bond acceptors (Lipinski definition) is 5. The number of amidine groups is 1. The van der Waals surface area contributed by atoms with Gasteiger partial charge >= 0.3 is 0 Å². The van der Waals surface area contributed by atoms with E-state index in [2.05, 4.69) is 29.0 Å². The zero-order valence-corrected chi connectivity index (χ0v) is 19.1. The predicted molar refractivity (Wildman–Crippen MR) is 129 cm³/mol. The molecule has 1 saturated heterocycles. The van der Waals surface area contributed by atoms with E-state index >= 15 is 0 Å². The Hall–Kier alpha value is -2.83. The van der Waals surface area contributed by atoms with E-state index in [0.717, 1.165) is 55.2 Å². The van der Waals surface area contributed by atoms with E-state index in [-0.39, 0.29) is 11.6 Å². The van der Waals surface area contributed by atoms with Gasteiger partial charge < -0.3 is 5.73 Å². The number of carbonyl (C=O) groups is 1. The standard InChI is InChI=1S/C26H33N5O/c1-19-14-16-30(2)31(19)15-7-3-4-10-21-11-8-13-24(32)26(21,25(27)28)22-17-20-9-5-6-12-23(20)29-18-22/h5-6,8-9,11-13,17-19H,3-4,7,10,14-16H2,1-2H3,(H3,27,28). The first kappa shape index (κ1) is 22.4. The fourth-order valence-corrected chi connectivity index (χ4v) is 5.14. The quantitative estimate of drug-likeness (QED) is 0.375. The van der Waals surface area contributed by atoms with Crippen LogP contribution in [0.2, 0.25) is 0 Å². The van der Waals surface area contributed by atoms with Gasteiger partial charge in [-0.1, -0.05) is 36.8 Å². The first-order valence-electron chi connectivity index (χ1n) is 11.5. The van der Waals surface area contributed by atoms with Crippen molar-refractivity contribution in [3.63, 3.8) is 0 Å². The Kier molecular flexibility index (Phi) is 6.53. The van der Waals surface area contributed by atoms with E-state index in [0.29, 0.717) is 11.6 Å². The second-order valence-electron chi connectivity index (χ2n) is 8.99. The summed E-state index contributed by atoms with van der Waals surface area (Å²) >= 11 is 0. The van der Waals surface area contributed by atoms with Gasteiger partial charge in [0.05, 0.1) is 5.52 Å². The molecule has 168 valence electrons. The second-order valence-corrected chi connectivity index (χ2v) is 8.99. The molecule has 1 aliphatic heterocycles. The summed E-state index contributed by atoms with van der Waals surface area (Å²) in [4.78, 5) is 17.8. The van der Waals surface area contributed by atoms with Gasteiger partial charge in [-0.2, -0.15) is 0 Å². The van der Waals surface area contributed by atoms with Crippen LogP contribution in [-0.4, -0.2) is 52.8 Å². The first-order chi connectivity index (χ1) is 15.4. The minimum Gasteiger partial charge on any atom is -0.386 e. The maximum atomic E-state index is 13.3. The van der Waals surface area contributed by atoms with Crippen molar-refractivity contribution in [1.82, 2.24) is 15.0 Å². The Morgan fingerprint density at radius 2 is 2.09 bits per heavy atom. The fourth-order valence-electron chi connectivity index (χ4n) is 5.14. The maximum Gasteiger partial charge on any atom is 0.177 e. The predicted octanol–water partition coefficient (Wildman–Crippen LogP) is 3.98. The van der Waals surface area contributed by atoms with E-state index in [1.807, 2.05) is 36.4 Å². The molecular formula is C26H33N5O. The van der Waals surface area contributed by atoms with E-state index in [1.54, 1.807) is 12.3 Å². The highest BCUT2D eigenvalue weighted by atomic mass is 16.1. The van der Waals surface area contributed by atoms with Crippen LogP contribution in [-0.2, 0) is 10.2 Å². The molecule has 1 aromatic heterocycles. The lowest BCUT2D eigenvalue weighted by Gasteiger charge is -2.35. The molecule has 0 saturated carbocycles. The molecule has 2 heterocycles. The van der Waals surface area contributed by atoms with Crippen LogP contribution in [0.15, 0.2) is 60.3 Å². The van der Waals surface area contributed by atoms with Gasteiger partial charge in [-0.15, -0.1) is 0 Å². The Balaban J connectivity index is 1.51. The number of rotatable bonds is 8. The minimum atomic E-state index is -1.25. The highest BCUT2D eigenvalue weighted by Crippen LogP contribution is 2.39. The molecule has 0 spiro atoms. The number of carbonyl (C=O) groups excluding carboxylic acids is 1. The number of ketones is 1. The Morgan fingerprint density at radius 3 is 2.84 bits per heavy atom. The number of pyridine rings is 1. The lowest BCUT2D eigenvalue weighted by atomic mass is 9.66. The Labute approximate surface area is 190 Å². The van der Waals surface area contributed by atoms with Gasteiger partial charge in [0, 0.05) is 37.8 Å². The number of fused-ring (bicyclic) bond motifs is 1. The zero-order chi connectivity index (χ0) is 22.7. The Morgan fingerprint density at radius 1 is 1.28 bits per heavy atom. The number of nitrogens with one attached hydrogen (secondary N) is 1. The summed E-state index contributed by atoms with van der Waals surface area (Å²) in [5.41, 5.74) is 7.33. The number of benzene rings is 1. The third-order valence-corrected chi connectivity index (χ3v) is 6.97. The van der Waals surface area contributed by atoms with Crippen molar-refractivity contribution < 1.29 is 4.79 Å². The monoisotopic (exact) mass is 431 g/mol. The van der Waals surface area contributed by atoms with Gasteiger partial charge in [-0.05, 0) is 62.0 Å². The van der Waals surface area contributed by atoms with Gasteiger partial charge in [0.25, 0.3) is 0 Å². The number of nitrogens with zero attached hydrogens (tertiary/aromatic N) is 3. The van der Waals surface area contributed by atoms with Gasteiger partial charge in [0.15, 0.2) is 5.78 Å². The van der Waals surface area contributed by atoms with Crippen molar-refractivity contribution in [2.75, 3.05) is 20.1 Å². The number of allylic oxidation sites excluding steroid dienone is 3. The molecule has 0 amide bonds. The number of hydrazine groups is 1. The third-order valence-electron chi connectivity index (χ3n) is 6.97. The van der Waals surface area contributed by atoms with E-state index in [9.17, 15) is 4.79 Å². The molecule has 2 aromatic rings. The zero-order valence-electron chi connectivity index (χ0n) is 19.1. The van der Waals surface area contributed by atoms with Crippen molar-refractivity contribution >= 4 is 22.5 Å². The average molecular weight is 432 g/mol. The van der Waals surface area contributed by atoms with Crippen LogP contribution in [0.5, 0.6) is 0 Å². The van der Waals surface area contributed by atoms with Crippen molar-refractivity contribution in [3.8, 4) is 0 Å². The second kappa shape index (κ2) is 9.35. The number of para-hydroxylation sites is 1. The highest BCUT2D eigenvalue weighted by Gasteiger charge is 2.46. The van der Waals surface area contributed by atoms with Gasteiger partial charge in [0.1, 0.15) is 11.3 Å². The summed E-state index contributed by atoms with van der Waals surface area (Å²) in [5, 5.41) is 14.2. The first-order valence-corrected chi connectivity index (χ1v) is 11.5. The summed E-state index contributed by atoms with van der Waals surface area (Å²) in [6, 6.07) is 10.4. The van der Waals surface area contributed by atoms with Gasteiger partial charge in [-0.25, -0.2) is 10.0 Å². The van der Waals surface area contributed by atoms with Crippen LogP contribution in [0, 0.1) is 5.41 Å². The number of unbranched alkanes of at least 4 members (excludes halogenated alkanes) is 2. The summed E-state index contributed by atoms with van der Waals surface area (Å²) < 4.78 is 0. The summed E-state index contributed by atoms with van der Waals surface area (Å²) in [6.07, 6.45) is 12.1. The molecule has 1 aliphatic carbocycles. The molecular weight excluding hydrogens is 398 g/mol. The summed E-state index contributed by atoms with van der Waals surface area (Å²) in [5.74, 6) is -0.296. The average Bonchev–Trinajstić information content (AvgIpc) is 3.10. The van der Waals surface area contributed by atoms with Crippen LogP contribution >= 0.6 is 0 Å². The van der Waals surface area contributed by atoms with Crippen LogP contribution in [0.1, 0.15) is 44.6 Å². The maximum absolute atomic E-state index is 13.3. The van der Waals surface area contributed by atoms with Crippen molar-refractivity contribution in [3.05, 3.63) is 65.9 Å². The van der Waals surface area contributed by atoms with Crippen molar-refractivity contribution in [2.24, 2.45) is 5.73 Å². The van der Waals surface area contributed by atoms with Crippen LogP contribution in [0.3, 0.4) is 0 Å². The molecule has 3 N–H and O–H groups in total. The normalized spacial score (nSPS) is 24.2. The van der Waals surface area contributed by atoms with Crippen LogP contribution in [0.25, 0.3) is 10.9 Å². The van der Waals surface area contributed by atoms with Gasteiger partial charge in [-0.3, -0.25) is 15.2 Å². The fraction of sp³-hybridized carbons (Fsp3) is 0.423. The van der Waals surface area contributed by atoms with Crippen LogP contribution in [0.4, 0.5) is 0 Å². The molecule has 0 bridgehead atoms. The highest BCUT2D eigenvalue weighted by molar-refractivity contribution is 6.20. The van der Waals surface area contributed by atoms with E-state index < -0.39 is 5.41 Å². The van der Waals surface area contributed by atoms with Crippen molar-refractivity contribution in [1.29, 1.82) is 5.41 Å². The molecule has 2 unspecified atom stereocenters. The van der Waals surface area contributed by atoms with E-state index in [1.165, 1.54) is 12.5 Å². The molecule has 6 nitrogen and oxygen atoms in total. The summed E-state index contributed by atoms with van der Waals surface area (Å²) in [6.45, 7) is 4.47. The molecule has 1 fully saturated rings. The molecule has 0 radical (unpaired) electrons. The SMILES string of the molecule is CC1CCN(C)N1CCCCCC1=CC=CC(=O)C1(C(=N)N)c1cnc2ccccc2c1. The third kappa shape index (κ3) is 4.00. The summed E-state index contributed by atoms with van der Waals surface area (Å²) in [7, 11) is 2.16. The van der Waals surface area contributed by atoms with Gasteiger partial charge in [0.2, 0.25) is 0 Å². The Bertz CT molecular complexity index is 1060. The van der Waals surface area contributed by atoms with Crippen LogP contribution < -0.4 is 5.73 Å². The number of hydrogen-bond donors (Lipinski definition) is 2. The molecule has 2 aliphatic rings. The lowest BCUT2D eigenvalue weighted by molar-refractivity contribution is -0.117. The minimum absolute atomic E-state index is 0.136. The molecule has 4 rings (SSSR count). The smallest absolute Gasteiger partial charge is 0.177 e. The number of nitrogens with two attached hydrogens (primary N) is 1.